The normalized spacial score (nSPS) is 12.7. The summed E-state index contributed by atoms with van der Waals surface area (Å²) in [5, 5.41) is 13.6. The summed E-state index contributed by atoms with van der Waals surface area (Å²) in [6.45, 7) is 5.48. The summed E-state index contributed by atoms with van der Waals surface area (Å²) in [6.07, 6.45) is 0.248. The van der Waals surface area contributed by atoms with Gasteiger partial charge in [0, 0.05) is 18.3 Å². The van der Waals surface area contributed by atoms with Gasteiger partial charge < -0.3 is 15.6 Å². The molecule has 0 radical (unpaired) electrons. The number of nitrogens with one attached hydrogen (secondary N) is 1. The van der Waals surface area contributed by atoms with Crippen LogP contribution in [0, 0.1) is 0 Å². The van der Waals surface area contributed by atoms with Crippen molar-refractivity contribution in [1.82, 2.24) is 10.3 Å². The predicted octanol–water partition coefficient (Wildman–Crippen LogP) is 0.907. The Kier molecular flexibility index (Phi) is 6.64. The molecule has 0 saturated carbocycles. The van der Waals surface area contributed by atoms with E-state index in [1.807, 2.05) is 0 Å². The van der Waals surface area contributed by atoms with E-state index in [0.717, 1.165) is 0 Å². The Morgan fingerprint density at radius 3 is 2.57 bits per heavy atom. The zero-order valence-corrected chi connectivity index (χ0v) is 14.1. The number of carbonyl (C=O) groups excluding carboxylic acids is 2. The van der Waals surface area contributed by atoms with Crippen LogP contribution in [0.25, 0.3) is 0 Å². The molecule has 4 N–H and O–H groups in total. The average molecular weight is 343 g/mol. The molecule has 1 unspecified atom stereocenters. The van der Waals surface area contributed by atoms with E-state index >= 15 is 0 Å². The van der Waals surface area contributed by atoms with E-state index in [0.29, 0.717) is 5.01 Å². The van der Waals surface area contributed by atoms with E-state index in [-0.39, 0.29) is 25.1 Å². The fourth-order valence-electron chi connectivity index (χ4n) is 1.70. The smallest absolute Gasteiger partial charge is 0.355 e. The minimum atomic E-state index is -1.11. The van der Waals surface area contributed by atoms with Crippen LogP contribution >= 0.6 is 11.3 Å². The maximum absolute atomic E-state index is 11.7. The van der Waals surface area contributed by atoms with E-state index in [9.17, 15) is 14.4 Å². The van der Waals surface area contributed by atoms with Crippen molar-refractivity contribution in [2.75, 3.05) is 0 Å². The third-order valence-electron chi connectivity index (χ3n) is 2.67. The first kappa shape index (κ1) is 19.0. The molecule has 0 aliphatic heterocycles. The highest BCUT2D eigenvalue weighted by Gasteiger charge is 2.21. The van der Waals surface area contributed by atoms with Gasteiger partial charge in [0.1, 0.15) is 10.6 Å². The number of nitrogens with zero attached hydrogens (tertiary/aromatic N) is 1. The van der Waals surface area contributed by atoms with E-state index in [2.05, 4.69) is 10.3 Å². The highest BCUT2D eigenvalue weighted by molar-refractivity contribution is 7.09. The summed E-state index contributed by atoms with van der Waals surface area (Å²) in [7, 11) is 0. The number of ether oxygens (including phenoxy) is 1. The second-order valence-electron chi connectivity index (χ2n) is 5.89. The van der Waals surface area contributed by atoms with Crippen molar-refractivity contribution in [2.45, 2.75) is 51.8 Å². The van der Waals surface area contributed by atoms with Crippen LogP contribution in [0.2, 0.25) is 0 Å². The first-order valence-corrected chi connectivity index (χ1v) is 7.88. The summed E-state index contributed by atoms with van der Waals surface area (Å²) in [5.41, 5.74) is 4.68. The molecule has 128 valence electrons. The number of rotatable bonds is 8. The quantitative estimate of drug-likeness (QED) is 0.598. The van der Waals surface area contributed by atoms with Gasteiger partial charge in [0.25, 0.3) is 0 Å². The van der Waals surface area contributed by atoms with Crippen LogP contribution in [-0.2, 0) is 20.9 Å². The number of amides is 1. The van der Waals surface area contributed by atoms with Gasteiger partial charge in [-0.25, -0.2) is 9.78 Å². The van der Waals surface area contributed by atoms with Crippen LogP contribution in [-0.4, -0.2) is 39.6 Å². The third kappa shape index (κ3) is 7.20. The summed E-state index contributed by atoms with van der Waals surface area (Å²) in [6, 6.07) is -0.723. The van der Waals surface area contributed by atoms with E-state index in [1.165, 1.54) is 16.7 Å². The molecule has 8 nitrogen and oxygen atoms in total. The number of carboxylic acids is 1. The fraction of sp³-hybridized carbons (Fsp3) is 0.571. The third-order valence-corrected chi connectivity index (χ3v) is 3.52. The Balaban J connectivity index is 2.50. The Morgan fingerprint density at radius 1 is 1.43 bits per heavy atom. The Hall–Kier alpha value is -2.00. The molecular weight excluding hydrogens is 322 g/mol. The number of aromatic carboxylic acids is 1. The van der Waals surface area contributed by atoms with Gasteiger partial charge in [-0.1, -0.05) is 0 Å². The molecule has 1 heterocycles. The zero-order valence-electron chi connectivity index (χ0n) is 13.3. The Bertz CT molecular complexity index is 579. The lowest BCUT2D eigenvalue weighted by Crippen LogP contribution is -2.41. The summed E-state index contributed by atoms with van der Waals surface area (Å²) >= 11 is 1.17. The highest BCUT2D eigenvalue weighted by atomic mass is 32.1. The summed E-state index contributed by atoms with van der Waals surface area (Å²) in [5.74, 6) is -2.11. The maximum Gasteiger partial charge on any atom is 0.355 e. The van der Waals surface area contributed by atoms with Gasteiger partial charge in [-0.15, -0.1) is 11.3 Å². The molecule has 0 spiro atoms. The molecule has 9 heteroatoms. The van der Waals surface area contributed by atoms with Crippen LogP contribution < -0.4 is 11.1 Å². The second-order valence-corrected chi connectivity index (χ2v) is 6.84. The van der Waals surface area contributed by atoms with Crippen molar-refractivity contribution in [2.24, 2.45) is 5.73 Å². The van der Waals surface area contributed by atoms with Crippen molar-refractivity contribution < 1.29 is 24.2 Å². The van der Waals surface area contributed by atoms with Crippen LogP contribution in [0.1, 0.15) is 49.1 Å². The molecule has 1 aromatic rings. The number of esters is 1. The number of hydrogen-bond acceptors (Lipinski definition) is 7. The number of hydrogen-bond donors (Lipinski definition) is 3. The van der Waals surface area contributed by atoms with Gasteiger partial charge in [-0.3, -0.25) is 14.9 Å². The minimum absolute atomic E-state index is 0.0452. The van der Waals surface area contributed by atoms with Crippen molar-refractivity contribution in [3.8, 4) is 0 Å². The molecule has 0 aliphatic rings. The van der Waals surface area contributed by atoms with Crippen LogP contribution in [0.5, 0.6) is 0 Å². The van der Waals surface area contributed by atoms with Gasteiger partial charge in [0.05, 0.1) is 6.04 Å². The lowest BCUT2D eigenvalue weighted by atomic mass is 10.1. The minimum Gasteiger partial charge on any atom is -0.476 e. The lowest BCUT2D eigenvalue weighted by molar-refractivity contribution is -0.155. The Labute approximate surface area is 138 Å². The van der Waals surface area contributed by atoms with Crippen molar-refractivity contribution in [1.29, 1.82) is 0 Å². The number of nitrogens with two attached hydrogens (primary N) is 1. The van der Waals surface area contributed by atoms with Gasteiger partial charge in [-0.05, 0) is 27.2 Å². The van der Waals surface area contributed by atoms with Crippen molar-refractivity contribution >= 4 is 29.2 Å². The summed E-state index contributed by atoms with van der Waals surface area (Å²) in [4.78, 5) is 37.7. The molecular formula is C14H21N3O5S. The number of thiazole rings is 1. The fourth-order valence-corrected chi connectivity index (χ4v) is 2.42. The molecule has 0 bridgehead atoms. The molecule has 0 saturated heterocycles. The SMILES string of the molecule is CC(C)(C)OC(=O)CCC(NCc1nc(C(=O)O)cs1)C(N)=O. The van der Waals surface area contributed by atoms with E-state index in [1.54, 1.807) is 20.8 Å². The first-order chi connectivity index (χ1) is 10.6. The van der Waals surface area contributed by atoms with Gasteiger partial charge in [0.2, 0.25) is 5.91 Å². The van der Waals surface area contributed by atoms with E-state index in [4.69, 9.17) is 15.6 Å². The average Bonchev–Trinajstić information content (AvgIpc) is 2.85. The molecule has 0 fully saturated rings. The van der Waals surface area contributed by atoms with E-state index < -0.39 is 29.5 Å². The monoisotopic (exact) mass is 343 g/mol. The summed E-state index contributed by atoms with van der Waals surface area (Å²) < 4.78 is 5.17. The number of primary amides is 1. The molecule has 1 rings (SSSR count). The molecule has 1 atom stereocenters. The molecule has 0 aliphatic carbocycles. The van der Waals surface area contributed by atoms with Gasteiger partial charge in [0.15, 0.2) is 5.69 Å². The highest BCUT2D eigenvalue weighted by Crippen LogP contribution is 2.12. The number of carbonyl (C=O) groups is 3. The van der Waals surface area contributed by atoms with Gasteiger partial charge >= 0.3 is 11.9 Å². The lowest BCUT2D eigenvalue weighted by Gasteiger charge is -2.20. The topological polar surface area (TPSA) is 132 Å². The Morgan fingerprint density at radius 2 is 2.09 bits per heavy atom. The standard InChI is InChI=1S/C14H21N3O5S/c1-14(2,3)22-11(18)5-4-8(12(15)19)16-6-10-17-9(7-23-10)13(20)21/h7-8,16H,4-6H2,1-3H3,(H2,15,19)(H,20,21). The maximum atomic E-state index is 11.7. The first-order valence-electron chi connectivity index (χ1n) is 7.00. The molecule has 1 aromatic heterocycles. The molecule has 1 amide bonds. The largest absolute Gasteiger partial charge is 0.476 e. The number of aromatic nitrogens is 1. The predicted molar refractivity (Wildman–Crippen MR) is 84.0 cm³/mol. The zero-order chi connectivity index (χ0) is 17.6. The second kappa shape index (κ2) is 8.02. The number of carboxylic acid groups (broad SMARTS) is 1. The van der Waals surface area contributed by atoms with Gasteiger partial charge in [-0.2, -0.15) is 0 Å². The van der Waals surface area contributed by atoms with Crippen LogP contribution in [0.3, 0.4) is 0 Å². The van der Waals surface area contributed by atoms with Crippen LogP contribution in [0.15, 0.2) is 5.38 Å². The molecule has 23 heavy (non-hydrogen) atoms. The molecule has 0 aromatic carbocycles. The van der Waals surface area contributed by atoms with Crippen molar-refractivity contribution in [3.05, 3.63) is 16.1 Å². The van der Waals surface area contributed by atoms with Crippen LogP contribution in [0.4, 0.5) is 0 Å². The van der Waals surface area contributed by atoms with Crippen molar-refractivity contribution in [3.63, 3.8) is 0 Å².